The Morgan fingerprint density at radius 3 is 2.65 bits per heavy atom. The van der Waals surface area contributed by atoms with Crippen molar-refractivity contribution in [2.45, 2.75) is 33.2 Å². The van der Waals surface area contributed by atoms with Crippen LogP contribution in [0.4, 0.5) is 4.39 Å². The zero-order valence-electron chi connectivity index (χ0n) is 15.3. The highest BCUT2D eigenvalue weighted by molar-refractivity contribution is 5.69. The number of aromatic nitrogens is 4. The van der Waals surface area contributed by atoms with Gasteiger partial charge in [-0.3, -0.25) is 0 Å². The maximum atomic E-state index is 13.1. The lowest BCUT2D eigenvalue weighted by atomic mass is 10.2. The molecule has 1 atom stereocenters. The molecule has 1 N–H and O–H groups in total. The molecule has 0 radical (unpaired) electrons. The van der Waals surface area contributed by atoms with Gasteiger partial charge < -0.3 is 9.84 Å². The van der Waals surface area contributed by atoms with Crippen molar-refractivity contribution in [2.75, 3.05) is 7.05 Å². The van der Waals surface area contributed by atoms with Crippen molar-refractivity contribution in [3.8, 4) is 5.69 Å². The highest BCUT2D eigenvalue weighted by Crippen LogP contribution is 2.20. The first kappa shape index (κ1) is 18.0. The quantitative estimate of drug-likeness (QED) is 0.734. The SMILES string of the molecule is CNC(C)Cc1noc(/C=C/c2c(C)nn(-c3ccc(F)cc3)c2C)n1. The normalized spacial score (nSPS) is 12.8. The van der Waals surface area contributed by atoms with Crippen molar-refractivity contribution in [1.82, 2.24) is 25.2 Å². The predicted molar refractivity (Wildman–Crippen MR) is 98.4 cm³/mol. The molecule has 0 fully saturated rings. The molecule has 0 saturated heterocycles. The van der Waals surface area contributed by atoms with E-state index in [0.29, 0.717) is 18.1 Å². The van der Waals surface area contributed by atoms with E-state index in [-0.39, 0.29) is 11.9 Å². The van der Waals surface area contributed by atoms with Crippen molar-refractivity contribution >= 4 is 12.2 Å². The minimum absolute atomic E-state index is 0.268. The summed E-state index contributed by atoms with van der Waals surface area (Å²) in [7, 11) is 1.90. The Bertz CT molecular complexity index is 911. The lowest BCUT2D eigenvalue weighted by Crippen LogP contribution is -2.24. The van der Waals surface area contributed by atoms with Crippen LogP contribution in [-0.2, 0) is 6.42 Å². The van der Waals surface area contributed by atoms with E-state index in [1.165, 1.54) is 12.1 Å². The molecule has 2 heterocycles. The summed E-state index contributed by atoms with van der Waals surface area (Å²) in [5.74, 6) is 0.855. The van der Waals surface area contributed by atoms with Gasteiger partial charge in [0.1, 0.15) is 5.82 Å². The average molecular weight is 355 g/mol. The highest BCUT2D eigenvalue weighted by atomic mass is 19.1. The third-order valence-corrected chi connectivity index (χ3v) is 4.28. The number of likely N-dealkylation sites (N-methyl/N-ethyl adjacent to an activating group) is 1. The van der Waals surface area contributed by atoms with Crippen LogP contribution in [-0.4, -0.2) is 33.0 Å². The van der Waals surface area contributed by atoms with Gasteiger partial charge in [0.25, 0.3) is 5.89 Å². The number of halogens is 1. The Hall–Kier alpha value is -2.80. The van der Waals surface area contributed by atoms with Gasteiger partial charge in [0.15, 0.2) is 5.82 Å². The molecule has 0 bridgehead atoms. The lowest BCUT2D eigenvalue weighted by molar-refractivity contribution is 0.400. The van der Waals surface area contributed by atoms with E-state index in [2.05, 4.69) is 27.5 Å². The van der Waals surface area contributed by atoms with E-state index in [1.807, 2.05) is 27.0 Å². The Kier molecular flexibility index (Phi) is 5.27. The van der Waals surface area contributed by atoms with E-state index in [4.69, 9.17) is 4.52 Å². The number of nitrogens with one attached hydrogen (secondary N) is 1. The van der Waals surface area contributed by atoms with Crippen molar-refractivity contribution in [1.29, 1.82) is 0 Å². The monoisotopic (exact) mass is 355 g/mol. The van der Waals surface area contributed by atoms with Crippen molar-refractivity contribution in [2.24, 2.45) is 0 Å². The molecule has 1 aromatic carbocycles. The summed E-state index contributed by atoms with van der Waals surface area (Å²) >= 11 is 0. The fraction of sp³-hybridized carbons (Fsp3) is 0.316. The number of benzene rings is 1. The molecular weight excluding hydrogens is 333 g/mol. The predicted octanol–water partition coefficient (Wildman–Crippen LogP) is 3.33. The minimum atomic E-state index is -0.268. The molecule has 2 aromatic heterocycles. The lowest BCUT2D eigenvalue weighted by Gasteiger charge is -2.04. The van der Waals surface area contributed by atoms with Crippen LogP contribution in [0.15, 0.2) is 28.8 Å². The number of nitrogens with zero attached hydrogens (tertiary/aromatic N) is 4. The van der Waals surface area contributed by atoms with Crippen LogP contribution in [0.2, 0.25) is 0 Å². The molecule has 0 amide bonds. The Balaban J connectivity index is 1.82. The topological polar surface area (TPSA) is 68.8 Å². The Morgan fingerprint density at radius 1 is 1.23 bits per heavy atom. The van der Waals surface area contributed by atoms with Gasteiger partial charge in [-0.15, -0.1) is 0 Å². The van der Waals surface area contributed by atoms with Gasteiger partial charge in [-0.05, 0) is 58.2 Å². The first-order chi connectivity index (χ1) is 12.5. The molecule has 0 spiro atoms. The van der Waals surface area contributed by atoms with E-state index in [9.17, 15) is 4.39 Å². The Labute approximate surface area is 151 Å². The smallest absolute Gasteiger partial charge is 0.250 e. The van der Waals surface area contributed by atoms with Crippen LogP contribution >= 0.6 is 0 Å². The van der Waals surface area contributed by atoms with Gasteiger partial charge in [-0.25, -0.2) is 9.07 Å². The summed E-state index contributed by atoms with van der Waals surface area (Å²) in [6.45, 7) is 5.96. The molecule has 26 heavy (non-hydrogen) atoms. The van der Waals surface area contributed by atoms with Gasteiger partial charge in [-0.2, -0.15) is 10.1 Å². The van der Waals surface area contributed by atoms with Gasteiger partial charge in [-0.1, -0.05) is 5.16 Å². The van der Waals surface area contributed by atoms with E-state index >= 15 is 0 Å². The average Bonchev–Trinajstić information content (AvgIpc) is 3.18. The van der Waals surface area contributed by atoms with Crippen LogP contribution in [0.3, 0.4) is 0 Å². The van der Waals surface area contributed by atoms with Crippen molar-refractivity contribution in [3.05, 3.63) is 58.7 Å². The summed E-state index contributed by atoms with van der Waals surface area (Å²) in [6, 6.07) is 6.54. The molecule has 6 nitrogen and oxygen atoms in total. The largest absolute Gasteiger partial charge is 0.335 e. The standard InChI is InChI=1S/C19H22FN5O/c1-12(21-4)11-18-22-19(26-24-18)10-9-17-13(2)23-25(14(17)3)16-7-5-15(20)6-8-16/h5-10,12,21H,11H2,1-4H3/b10-9+. The summed E-state index contributed by atoms with van der Waals surface area (Å²) < 4.78 is 20.2. The summed E-state index contributed by atoms with van der Waals surface area (Å²) in [4.78, 5) is 4.37. The molecule has 3 aromatic rings. The molecule has 0 aliphatic heterocycles. The fourth-order valence-corrected chi connectivity index (χ4v) is 2.68. The van der Waals surface area contributed by atoms with Gasteiger partial charge >= 0.3 is 0 Å². The number of hydrogen-bond donors (Lipinski definition) is 1. The van der Waals surface area contributed by atoms with Gasteiger partial charge in [0.2, 0.25) is 0 Å². The van der Waals surface area contributed by atoms with Crippen LogP contribution in [0.1, 0.15) is 35.6 Å². The second-order valence-corrected chi connectivity index (χ2v) is 6.25. The second-order valence-electron chi connectivity index (χ2n) is 6.25. The highest BCUT2D eigenvalue weighted by Gasteiger charge is 2.12. The van der Waals surface area contributed by atoms with E-state index in [1.54, 1.807) is 22.9 Å². The third kappa shape index (κ3) is 3.88. The van der Waals surface area contributed by atoms with Crippen LogP contribution < -0.4 is 5.32 Å². The second kappa shape index (κ2) is 7.61. The third-order valence-electron chi connectivity index (χ3n) is 4.28. The molecule has 0 aliphatic rings. The summed E-state index contributed by atoms with van der Waals surface area (Å²) in [6.07, 6.45) is 4.40. The van der Waals surface area contributed by atoms with E-state index < -0.39 is 0 Å². The van der Waals surface area contributed by atoms with Crippen LogP contribution in [0.25, 0.3) is 17.8 Å². The van der Waals surface area contributed by atoms with E-state index in [0.717, 1.165) is 22.6 Å². The zero-order chi connectivity index (χ0) is 18.7. The Morgan fingerprint density at radius 2 is 1.96 bits per heavy atom. The zero-order valence-corrected chi connectivity index (χ0v) is 15.3. The molecule has 0 aliphatic carbocycles. The first-order valence-corrected chi connectivity index (χ1v) is 8.48. The first-order valence-electron chi connectivity index (χ1n) is 8.48. The van der Waals surface area contributed by atoms with Gasteiger partial charge in [0.05, 0.1) is 11.4 Å². The molecule has 136 valence electrons. The molecule has 3 rings (SSSR count). The fourth-order valence-electron chi connectivity index (χ4n) is 2.68. The minimum Gasteiger partial charge on any atom is -0.335 e. The number of aryl methyl sites for hydroxylation is 1. The van der Waals surface area contributed by atoms with Crippen molar-refractivity contribution < 1.29 is 8.91 Å². The van der Waals surface area contributed by atoms with Gasteiger partial charge in [0, 0.05) is 29.8 Å². The maximum absolute atomic E-state index is 13.1. The van der Waals surface area contributed by atoms with Crippen molar-refractivity contribution in [3.63, 3.8) is 0 Å². The molecule has 7 heteroatoms. The molecule has 1 unspecified atom stereocenters. The number of rotatable bonds is 6. The molecular formula is C19H22FN5O. The molecule has 0 saturated carbocycles. The summed E-state index contributed by atoms with van der Waals surface area (Å²) in [5, 5.41) is 11.7. The van der Waals surface area contributed by atoms with Crippen LogP contribution in [0.5, 0.6) is 0 Å². The van der Waals surface area contributed by atoms with Crippen LogP contribution in [0, 0.1) is 19.7 Å². The maximum Gasteiger partial charge on any atom is 0.250 e. The summed E-state index contributed by atoms with van der Waals surface area (Å²) in [5.41, 5.74) is 3.60. The number of hydrogen-bond acceptors (Lipinski definition) is 5.